The number of halogens is 1. The first-order valence-corrected chi connectivity index (χ1v) is 6.96. The van der Waals surface area contributed by atoms with Crippen LogP contribution in [0, 0.1) is 0 Å². The van der Waals surface area contributed by atoms with Crippen molar-refractivity contribution in [2.75, 3.05) is 5.75 Å². The Morgan fingerprint density at radius 3 is 2.94 bits per heavy atom. The van der Waals surface area contributed by atoms with E-state index in [2.05, 4.69) is 4.98 Å². The molecule has 0 spiro atoms. The average Bonchev–Trinajstić information content (AvgIpc) is 2.75. The molecule has 0 aliphatic carbocycles. The number of thioether (sulfide) groups is 1. The molecule has 1 aromatic heterocycles. The number of carboxylic acids is 1. The molecule has 2 rings (SSSR count). The van der Waals surface area contributed by atoms with Gasteiger partial charge in [0.15, 0.2) is 4.34 Å². The predicted octanol–water partition coefficient (Wildman–Crippen LogP) is 3.64. The molecule has 3 nitrogen and oxygen atoms in total. The highest BCUT2D eigenvalue weighted by Crippen LogP contribution is 2.31. The molecule has 0 radical (unpaired) electrons. The van der Waals surface area contributed by atoms with Gasteiger partial charge in [-0.2, -0.15) is 0 Å². The van der Waals surface area contributed by atoms with Crippen molar-refractivity contribution < 1.29 is 9.90 Å². The molecule has 1 heterocycles. The molecule has 0 bridgehead atoms. The Balaban J connectivity index is 2.18. The first kappa shape index (κ1) is 12.4. The van der Waals surface area contributed by atoms with Crippen LogP contribution in [0.4, 0.5) is 0 Å². The highest BCUT2D eigenvalue weighted by molar-refractivity contribution is 8.01. The molecule has 0 saturated carbocycles. The predicted molar refractivity (Wildman–Crippen MR) is 70.9 cm³/mol. The Kier molecular flexibility index (Phi) is 4.04. The van der Waals surface area contributed by atoms with E-state index in [0.717, 1.165) is 15.6 Å². The Labute approximate surface area is 111 Å². The largest absolute Gasteiger partial charge is 0.481 e. The number of aromatic nitrogens is 1. The minimum Gasteiger partial charge on any atom is -0.481 e. The van der Waals surface area contributed by atoms with Crippen LogP contribution in [0.1, 0.15) is 0 Å². The molecular formula is C11H8ClNO2S2. The van der Waals surface area contributed by atoms with Crippen LogP contribution in [-0.4, -0.2) is 21.8 Å². The standard InChI is InChI=1S/C11H8ClNO2S2/c12-8-4-2-1-3-7(8)9-5-16-11(13-9)17-6-10(14)15/h1-5H,6H2,(H,14,15). The Hall–Kier alpha value is -1.04. The van der Waals surface area contributed by atoms with Crippen molar-refractivity contribution in [2.24, 2.45) is 0 Å². The third-order valence-corrected chi connectivity index (χ3v) is 4.29. The van der Waals surface area contributed by atoms with Crippen molar-refractivity contribution in [3.8, 4) is 11.3 Å². The Bertz CT molecular complexity index is 542. The first-order valence-electron chi connectivity index (χ1n) is 4.72. The lowest BCUT2D eigenvalue weighted by molar-refractivity contribution is -0.133. The molecule has 0 atom stereocenters. The lowest BCUT2D eigenvalue weighted by Crippen LogP contribution is -1.96. The fourth-order valence-electron chi connectivity index (χ4n) is 1.24. The summed E-state index contributed by atoms with van der Waals surface area (Å²) < 4.78 is 0.738. The van der Waals surface area contributed by atoms with Crippen LogP contribution in [0.15, 0.2) is 34.0 Å². The molecular weight excluding hydrogens is 278 g/mol. The number of benzene rings is 1. The van der Waals surface area contributed by atoms with Crippen LogP contribution < -0.4 is 0 Å². The van der Waals surface area contributed by atoms with Gasteiger partial charge in [-0.15, -0.1) is 11.3 Å². The van der Waals surface area contributed by atoms with E-state index in [9.17, 15) is 4.79 Å². The minimum absolute atomic E-state index is 0.0233. The van der Waals surface area contributed by atoms with E-state index in [1.807, 2.05) is 23.6 Å². The van der Waals surface area contributed by atoms with Crippen LogP contribution in [0.25, 0.3) is 11.3 Å². The summed E-state index contributed by atoms with van der Waals surface area (Å²) in [6.07, 6.45) is 0. The maximum Gasteiger partial charge on any atom is 0.313 e. The summed E-state index contributed by atoms with van der Waals surface area (Å²) >= 11 is 8.70. The number of hydrogen-bond acceptors (Lipinski definition) is 4. The summed E-state index contributed by atoms with van der Waals surface area (Å²) in [5, 5.41) is 11.1. The maximum absolute atomic E-state index is 10.4. The molecule has 2 aromatic rings. The highest BCUT2D eigenvalue weighted by Gasteiger charge is 2.09. The lowest BCUT2D eigenvalue weighted by atomic mass is 10.2. The fraction of sp³-hybridized carbons (Fsp3) is 0.0909. The molecule has 88 valence electrons. The molecule has 0 saturated heterocycles. The number of nitrogens with zero attached hydrogens (tertiary/aromatic N) is 1. The van der Waals surface area contributed by atoms with Crippen molar-refractivity contribution in [1.82, 2.24) is 4.98 Å². The number of hydrogen-bond donors (Lipinski definition) is 1. The molecule has 0 aliphatic rings. The van der Waals surface area contributed by atoms with E-state index in [1.54, 1.807) is 6.07 Å². The van der Waals surface area contributed by atoms with E-state index < -0.39 is 5.97 Å². The van der Waals surface area contributed by atoms with E-state index in [4.69, 9.17) is 16.7 Å². The van der Waals surface area contributed by atoms with Crippen molar-refractivity contribution in [2.45, 2.75) is 4.34 Å². The lowest BCUT2D eigenvalue weighted by Gasteiger charge is -1.98. The SMILES string of the molecule is O=C(O)CSc1nc(-c2ccccc2Cl)cs1. The van der Waals surface area contributed by atoms with Gasteiger partial charge in [0.2, 0.25) is 0 Å². The zero-order chi connectivity index (χ0) is 12.3. The van der Waals surface area contributed by atoms with Gasteiger partial charge in [-0.1, -0.05) is 41.6 Å². The monoisotopic (exact) mass is 285 g/mol. The molecule has 1 N–H and O–H groups in total. The van der Waals surface area contributed by atoms with Gasteiger partial charge in [0.1, 0.15) is 0 Å². The van der Waals surface area contributed by atoms with Crippen LogP contribution in [0.5, 0.6) is 0 Å². The Morgan fingerprint density at radius 1 is 1.47 bits per heavy atom. The number of thiazole rings is 1. The third kappa shape index (κ3) is 3.21. The second kappa shape index (κ2) is 5.53. The van der Waals surface area contributed by atoms with Gasteiger partial charge < -0.3 is 5.11 Å². The summed E-state index contributed by atoms with van der Waals surface area (Å²) in [4.78, 5) is 14.8. The van der Waals surface area contributed by atoms with E-state index >= 15 is 0 Å². The fourth-order valence-corrected chi connectivity index (χ4v) is 3.02. The van der Waals surface area contributed by atoms with Crippen LogP contribution in [0.3, 0.4) is 0 Å². The topological polar surface area (TPSA) is 50.2 Å². The molecule has 0 amide bonds. The number of carboxylic acid groups (broad SMARTS) is 1. The minimum atomic E-state index is -0.843. The van der Waals surface area contributed by atoms with Crippen LogP contribution >= 0.6 is 34.7 Å². The summed E-state index contributed by atoms with van der Waals surface area (Å²) in [5.41, 5.74) is 1.65. The van der Waals surface area contributed by atoms with Gasteiger partial charge in [-0.3, -0.25) is 4.79 Å². The smallest absolute Gasteiger partial charge is 0.313 e. The zero-order valence-electron chi connectivity index (χ0n) is 8.59. The summed E-state index contributed by atoms with van der Waals surface area (Å²) in [5.74, 6) is -0.820. The normalized spacial score (nSPS) is 10.4. The maximum atomic E-state index is 10.4. The molecule has 17 heavy (non-hydrogen) atoms. The first-order chi connectivity index (χ1) is 8.16. The van der Waals surface area contributed by atoms with Crippen molar-refractivity contribution in [3.05, 3.63) is 34.7 Å². The molecule has 0 aliphatic heterocycles. The number of aliphatic carboxylic acids is 1. The Morgan fingerprint density at radius 2 is 2.24 bits per heavy atom. The van der Waals surface area contributed by atoms with Gasteiger partial charge in [0.05, 0.1) is 11.4 Å². The quantitative estimate of drug-likeness (QED) is 0.872. The van der Waals surface area contributed by atoms with Gasteiger partial charge in [-0.05, 0) is 6.07 Å². The van der Waals surface area contributed by atoms with Gasteiger partial charge in [-0.25, -0.2) is 4.98 Å². The molecule has 6 heteroatoms. The molecule has 1 aromatic carbocycles. The zero-order valence-corrected chi connectivity index (χ0v) is 11.0. The number of carbonyl (C=O) groups is 1. The molecule has 0 fully saturated rings. The van der Waals surface area contributed by atoms with E-state index in [0.29, 0.717) is 5.02 Å². The summed E-state index contributed by atoms with van der Waals surface area (Å²) in [6, 6.07) is 7.45. The molecule has 0 unspecified atom stereocenters. The second-order valence-electron chi connectivity index (χ2n) is 3.16. The van der Waals surface area contributed by atoms with Crippen LogP contribution in [0.2, 0.25) is 5.02 Å². The number of rotatable bonds is 4. The van der Waals surface area contributed by atoms with Gasteiger partial charge in [0, 0.05) is 16.0 Å². The van der Waals surface area contributed by atoms with E-state index in [-0.39, 0.29) is 5.75 Å². The summed E-state index contributed by atoms with van der Waals surface area (Å²) in [7, 11) is 0. The second-order valence-corrected chi connectivity index (χ2v) is 5.65. The summed E-state index contributed by atoms with van der Waals surface area (Å²) in [6.45, 7) is 0. The van der Waals surface area contributed by atoms with Gasteiger partial charge in [0.25, 0.3) is 0 Å². The van der Waals surface area contributed by atoms with Crippen molar-refractivity contribution in [3.63, 3.8) is 0 Å². The van der Waals surface area contributed by atoms with Crippen molar-refractivity contribution >= 4 is 40.7 Å². The van der Waals surface area contributed by atoms with Gasteiger partial charge >= 0.3 is 5.97 Å². The average molecular weight is 286 g/mol. The highest BCUT2D eigenvalue weighted by atomic mass is 35.5. The third-order valence-electron chi connectivity index (χ3n) is 1.95. The van der Waals surface area contributed by atoms with Crippen molar-refractivity contribution in [1.29, 1.82) is 0 Å². The van der Waals surface area contributed by atoms with E-state index in [1.165, 1.54) is 23.1 Å². The van der Waals surface area contributed by atoms with Crippen LogP contribution in [-0.2, 0) is 4.79 Å².